The number of phenolic OH excluding ortho intramolecular Hbond substituents is 1. The molecular formula is C19H20O3. The number of rotatable bonds is 4. The lowest BCUT2D eigenvalue weighted by molar-refractivity contribution is 0.131. The average molecular weight is 296 g/mol. The number of aromatic hydroxyl groups is 1. The van der Waals surface area contributed by atoms with Crippen molar-refractivity contribution in [3.63, 3.8) is 0 Å². The van der Waals surface area contributed by atoms with E-state index in [0.29, 0.717) is 16.9 Å². The molecule has 0 saturated carbocycles. The van der Waals surface area contributed by atoms with Crippen LogP contribution >= 0.6 is 0 Å². The molecule has 0 spiro atoms. The van der Waals surface area contributed by atoms with Crippen LogP contribution in [0, 0.1) is 0 Å². The zero-order chi connectivity index (χ0) is 16.2. The fourth-order valence-electron chi connectivity index (χ4n) is 2.21. The lowest BCUT2D eigenvalue weighted by Crippen LogP contribution is -2.24. The molecule has 3 heteroatoms. The van der Waals surface area contributed by atoms with Crippen molar-refractivity contribution in [1.82, 2.24) is 0 Å². The van der Waals surface area contributed by atoms with Crippen LogP contribution in [0.15, 0.2) is 65.9 Å². The lowest BCUT2D eigenvalue weighted by Gasteiger charge is -2.26. The summed E-state index contributed by atoms with van der Waals surface area (Å²) in [5.74, 6) is 0.562. The average Bonchev–Trinajstić information content (AvgIpc) is 2.54. The molecule has 2 N–H and O–H groups in total. The Bertz CT molecular complexity index is 709. The Kier molecular flexibility index (Phi) is 4.71. The Hall–Kier alpha value is -2.48. The predicted octanol–water partition coefficient (Wildman–Crippen LogP) is 3.76. The third-order valence-corrected chi connectivity index (χ3v) is 3.40. The number of hydrogen-bond donors (Lipinski definition) is 2. The Balaban J connectivity index is 2.72. The first kappa shape index (κ1) is 15.9. The highest BCUT2D eigenvalue weighted by Crippen LogP contribution is 2.38. The number of methoxy groups -OCH3 is 1. The first-order valence-electron chi connectivity index (χ1n) is 7.04. The number of phenols is 1. The molecule has 0 aliphatic rings. The van der Waals surface area contributed by atoms with Crippen molar-refractivity contribution in [2.24, 2.45) is 0 Å². The molecule has 22 heavy (non-hydrogen) atoms. The molecule has 0 radical (unpaired) electrons. The van der Waals surface area contributed by atoms with Crippen molar-refractivity contribution in [3.8, 4) is 11.5 Å². The van der Waals surface area contributed by atoms with Gasteiger partial charge in [-0.15, -0.1) is 5.73 Å². The molecule has 0 saturated heterocycles. The summed E-state index contributed by atoms with van der Waals surface area (Å²) in [4.78, 5) is 0. The highest BCUT2D eigenvalue weighted by molar-refractivity contribution is 5.50. The van der Waals surface area contributed by atoms with E-state index in [9.17, 15) is 10.2 Å². The summed E-state index contributed by atoms with van der Waals surface area (Å²) >= 11 is 0. The zero-order valence-electron chi connectivity index (χ0n) is 13.0. The molecule has 0 amide bonds. The molecule has 0 aliphatic carbocycles. The monoisotopic (exact) mass is 296 g/mol. The van der Waals surface area contributed by atoms with Crippen molar-refractivity contribution in [2.45, 2.75) is 19.4 Å². The number of aliphatic hydroxyl groups is 1. The van der Waals surface area contributed by atoms with Crippen molar-refractivity contribution < 1.29 is 14.9 Å². The zero-order valence-corrected chi connectivity index (χ0v) is 13.0. The third kappa shape index (κ3) is 3.22. The minimum Gasteiger partial charge on any atom is -0.508 e. The van der Waals surface area contributed by atoms with E-state index in [1.165, 1.54) is 6.07 Å². The minimum absolute atomic E-state index is 0.000964. The van der Waals surface area contributed by atoms with E-state index in [1.807, 2.05) is 44.2 Å². The van der Waals surface area contributed by atoms with E-state index in [1.54, 1.807) is 25.3 Å². The van der Waals surface area contributed by atoms with Crippen molar-refractivity contribution in [1.29, 1.82) is 0 Å². The summed E-state index contributed by atoms with van der Waals surface area (Å²) in [5.41, 5.74) is 3.48. The molecule has 0 aromatic heterocycles. The third-order valence-electron chi connectivity index (χ3n) is 3.40. The summed E-state index contributed by atoms with van der Waals surface area (Å²) in [7, 11) is 1.55. The minimum atomic E-state index is -1.49. The molecule has 0 heterocycles. The summed E-state index contributed by atoms with van der Waals surface area (Å²) < 4.78 is 5.20. The van der Waals surface area contributed by atoms with Crippen molar-refractivity contribution >= 4 is 0 Å². The SMILES string of the molecule is COc1ccc(O)c(C(O)(C=C=C(C)C)c2ccccc2)c1. The predicted molar refractivity (Wildman–Crippen MR) is 87.0 cm³/mol. The van der Waals surface area contributed by atoms with Crippen LogP contribution in [0.3, 0.4) is 0 Å². The fraction of sp³-hybridized carbons (Fsp3) is 0.211. The normalized spacial score (nSPS) is 12.9. The standard InChI is InChI=1S/C19H20O3/c1-14(2)11-12-19(21,15-7-5-4-6-8-15)17-13-16(22-3)9-10-18(17)20/h4-10,12-13,20-21H,1-3H3. The first-order chi connectivity index (χ1) is 10.5. The van der Waals surface area contributed by atoms with E-state index in [-0.39, 0.29) is 5.75 Å². The van der Waals surface area contributed by atoms with Crippen LogP contribution in [-0.4, -0.2) is 17.3 Å². The van der Waals surface area contributed by atoms with Gasteiger partial charge in [-0.2, -0.15) is 0 Å². The van der Waals surface area contributed by atoms with Gasteiger partial charge in [0.25, 0.3) is 0 Å². The number of benzene rings is 2. The van der Waals surface area contributed by atoms with Gasteiger partial charge >= 0.3 is 0 Å². The molecule has 2 aromatic rings. The van der Waals surface area contributed by atoms with Crippen LogP contribution in [0.25, 0.3) is 0 Å². The molecule has 0 aliphatic heterocycles. The molecule has 3 nitrogen and oxygen atoms in total. The van der Waals surface area contributed by atoms with E-state index in [0.717, 1.165) is 5.57 Å². The Labute approximate surface area is 130 Å². The molecule has 2 aromatic carbocycles. The molecule has 114 valence electrons. The van der Waals surface area contributed by atoms with Gasteiger partial charge in [0.15, 0.2) is 0 Å². The van der Waals surface area contributed by atoms with E-state index in [4.69, 9.17) is 4.74 Å². The largest absolute Gasteiger partial charge is 0.508 e. The van der Waals surface area contributed by atoms with E-state index < -0.39 is 5.60 Å². The van der Waals surface area contributed by atoms with Gasteiger partial charge < -0.3 is 14.9 Å². The fourth-order valence-corrected chi connectivity index (χ4v) is 2.21. The maximum Gasteiger partial charge on any atom is 0.144 e. The Morgan fingerprint density at radius 2 is 1.82 bits per heavy atom. The van der Waals surface area contributed by atoms with Crippen LogP contribution in [-0.2, 0) is 5.60 Å². The quantitative estimate of drug-likeness (QED) is 0.845. The van der Waals surface area contributed by atoms with Crippen molar-refractivity contribution in [2.75, 3.05) is 7.11 Å². The van der Waals surface area contributed by atoms with Crippen LogP contribution in [0.2, 0.25) is 0 Å². The number of ether oxygens (including phenoxy) is 1. The van der Waals surface area contributed by atoms with Crippen LogP contribution in [0.4, 0.5) is 0 Å². The van der Waals surface area contributed by atoms with Gasteiger partial charge in [0, 0.05) is 5.56 Å². The van der Waals surface area contributed by atoms with Gasteiger partial charge in [-0.25, -0.2) is 0 Å². The summed E-state index contributed by atoms with van der Waals surface area (Å²) in [6.45, 7) is 3.79. The number of hydrogen-bond acceptors (Lipinski definition) is 3. The van der Waals surface area contributed by atoms with E-state index >= 15 is 0 Å². The van der Waals surface area contributed by atoms with Crippen LogP contribution in [0.1, 0.15) is 25.0 Å². The summed E-state index contributed by atoms with van der Waals surface area (Å²) in [6.07, 6.45) is 1.56. The first-order valence-corrected chi connectivity index (χ1v) is 7.04. The summed E-state index contributed by atoms with van der Waals surface area (Å²) in [5, 5.41) is 21.5. The molecule has 0 fully saturated rings. The van der Waals surface area contributed by atoms with Gasteiger partial charge in [0.05, 0.1) is 7.11 Å². The van der Waals surface area contributed by atoms with Crippen LogP contribution < -0.4 is 4.74 Å². The topological polar surface area (TPSA) is 49.7 Å². The van der Waals surface area contributed by atoms with Gasteiger partial charge in [-0.3, -0.25) is 0 Å². The Morgan fingerprint density at radius 3 is 2.41 bits per heavy atom. The van der Waals surface area contributed by atoms with Gasteiger partial charge in [0.2, 0.25) is 0 Å². The second-order valence-electron chi connectivity index (χ2n) is 5.30. The molecule has 1 unspecified atom stereocenters. The van der Waals surface area contributed by atoms with E-state index in [2.05, 4.69) is 5.73 Å². The van der Waals surface area contributed by atoms with Gasteiger partial charge in [-0.05, 0) is 49.3 Å². The molecule has 1 atom stereocenters. The smallest absolute Gasteiger partial charge is 0.144 e. The van der Waals surface area contributed by atoms with Crippen LogP contribution in [0.5, 0.6) is 11.5 Å². The van der Waals surface area contributed by atoms with Gasteiger partial charge in [0.1, 0.15) is 17.1 Å². The molecule has 2 rings (SSSR count). The highest BCUT2D eigenvalue weighted by Gasteiger charge is 2.32. The highest BCUT2D eigenvalue weighted by atomic mass is 16.5. The second-order valence-corrected chi connectivity index (χ2v) is 5.30. The maximum atomic E-state index is 11.3. The molecular weight excluding hydrogens is 276 g/mol. The Morgan fingerprint density at radius 1 is 1.14 bits per heavy atom. The summed E-state index contributed by atoms with van der Waals surface area (Å²) in [6, 6.07) is 14.0. The van der Waals surface area contributed by atoms with Gasteiger partial charge in [-0.1, -0.05) is 30.3 Å². The lowest BCUT2D eigenvalue weighted by atomic mass is 9.85. The van der Waals surface area contributed by atoms with Crippen molar-refractivity contribution in [3.05, 3.63) is 77.0 Å². The maximum absolute atomic E-state index is 11.3. The molecule has 0 bridgehead atoms. The second kappa shape index (κ2) is 6.52.